The number of benzene rings is 1. The van der Waals surface area contributed by atoms with Gasteiger partial charge in [0, 0.05) is 17.6 Å². The molecule has 2 aromatic heterocycles. The maximum atomic E-state index is 5.06. The number of fused-ring (bicyclic) bond motifs is 1. The van der Waals surface area contributed by atoms with E-state index >= 15 is 0 Å². The van der Waals surface area contributed by atoms with Gasteiger partial charge in [0.25, 0.3) is 0 Å². The van der Waals surface area contributed by atoms with Gasteiger partial charge in [0.1, 0.15) is 11.6 Å². The summed E-state index contributed by atoms with van der Waals surface area (Å²) in [5.74, 6) is 0.701. The van der Waals surface area contributed by atoms with Crippen LogP contribution in [0.5, 0.6) is 0 Å². The topological polar surface area (TPSA) is 52.3 Å². The number of nitrogens with zero attached hydrogens (tertiary/aromatic N) is 4. The van der Waals surface area contributed by atoms with Crippen molar-refractivity contribution in [1.82, 2.24) is 19.8 Å². The first-order valence-electron chi connectivity index (χ1n) is 5.28. The lowest BCUT2D eigenvalue weighted by Gasteiger charge is -1.98. The largest absolute Gasteiger partial charge is 0.377 e. The SMILES string of the molecule is COCc1nnc2sc(-c3ccccc3S)nn12. The van der Waals surface area contributed by atoms with Gasteiger partial charge in [0.15, 0.2) is 5.82 Å². The Labute approximate surface area is 113 Å². The third-order valence-electron chi connectivity index (χ3n) is 2.46. The molecule has 3 rings (SSSR count). The van der Waals surface area contributed by atoms with Crippen LogP contribution in [0.15, 0.2) is 29.2 Å². The highest BCUT2D eigenvalue weighted by Crippen LogP contribution is 2.30. The number of hydrogen-bond acceptors (Lipinski definition) is 6. The van der Waals surface area contributed by atoms with Gasteiger partial charge < -0.3 is 4.74 Å². The number of ether oxygens (including phenoxy) is 1. The second-order valence-electron chi connectivity index (χ2n) is 3.67. The Bertz CT molecular complexity index is 691. The molecule has 0 radical (unpaired) electrons. The zero-order valence-electron chi connectivity index (χ0n) is 9.57. The van der Waals surface area contributed by atoms with Gasteiger partial charge in [0.2, 0.25) is 4.96 Å². The molecule has 0 saturated carbocycles. The number of rotatable bonds is 3. The minimum Gasteiger partial charge on any atom is -0.377 e. The predicted molar refractivity (Wildman–Crippen MR) is 72.1 cm³/mol. The minimum absolute atomic E-state index is 0.396. The van der Waals surface area contributed by atoms with Crippen LogP contribution in [0.2, 0.25) is 0 Å². The molecule has 0 aliphatic heterocycles. The van der Waals surface area contributed by atoms with E-state index in [1.807, 2.05) is 24.3 Å². The number of thiol groups is 1. The second-order valence-corrected chi connectivity index (χ2v) is 5.11. The van der Waals surface area contributed by atoms with Crippen molar-refractivity contribution in [2.24, 2.45) is 0 Å². The van der Waals surface area contributed by atoms with Crippen molar-refractivity contribution in [3.8, 4) is 10.6 Å². The lowest BCUT2D eigenvalue weighted by Crippen LogP contribution is -1.97. The quantitative estimate of drug-likeness (QED) is 0.747. The molecule has 18 heavy (non-hydrogen) atoms. The van der Waals surface area contributed by atoms with Crippen LogP contribution in [0, 0.1) is 0 Å². The summed E-state index contributed by atoms with van der Waals surface area (Å²) in [6.45, 7) is 0.396. The molecular weight excluding hydrogens is 268 g/mol. The summed E-state index contributed by atoms with van der Waals surface area (Å²) in [4.78, 5) is 1.66. The maximum absolute atomic E-state index is 5.06. The van der Waals surface area contributed by atoms with Crippen molar-refractivity contribution in [3.63, 3.8) is 0 Å². The van der Waals surface area contributed by atoms with Gasteiger partial charge in [-0.1, -0.05) is 29.5 Å². The summed E-state index contributed by atoms with van der Waals surface area (Å²) in [5, 5.41) is 13.5. The van der Waals surface area contributed by atoms with E-state index in [9.17, 15) is 0 Å². The first-order valence-corrected chi connectivity index (χ1v) is 6.54. The standard InChI is InChI=1S/C11H10N4OS2/c1-16-6-9-12-13-11-15(9)14-10(18-11)7-4-2-3-5-8(7)17/h2-5,17H,6H2,1H3. The van der Waals surface area contributed by atoms with Gasteiger partial charge in [-0.25, -0.2) is 0 Å². The molecule has 92 valence electrons. The van der Waals surface area contributed by atoms with Crippen molar-refractivity contribution in [2.75, 3.05) is 7.11 Å². The van der Waals surface area contributed by atoms with E-state index in [4.69, 9.17) is 4.74 Å². The Morgan fingerprint density at radius 2 is 2.17 bits per heavy atom. The molecule has 0 spiro atoms. The van der Waals surface area contributed by atoms with Crippen molar-refractivity contribution >= 4 is 28.9 Å². The Kier molecular flexibility index (Phi) is 3.02. The fourth-order valence-corrected chi connectivity index (χ4v) is 2.88. The molecular formula is C11H10N4OS2. The normalized spacial score (nSPS) is 11.2. The summed E-state index contributed by atoms with van der Waals surface area (Å²) in [6.07, 6.45) is 0. The Morgan fingerprint density at radius 1 is 1.33 bits per heavy atom. The maximum Gasteiger partial charge on any atom is 0.235 e. The number of hydrogen-bond donors (Lipinski definition) is 1. The number of methoxy groups -OCH3 is 1. The highest BCUT2D eigenvalue weighted by Gasteiger charge is 2.13. The smallest absolute Gasteiger partial charge is 0.235 e. The molecule has 5 nitrogen and oxygen atoms in total. The highest BCUT2D eigenvalue weighted by atomic mass is 32.1. The van der Waals surface area contributed by atoms with Crippen LogP contribution in [0.25, 0.3) is 15.5 Å². The van der Waals surface area contributed by atoms with E-state index in [-0.39, 0.29) is 0 Å². The van der Waals surface area contributed by atoms with E-state index in [2.05, 4.69) is 27.9 Å². The summed E-state index contributed by atoms with van der Waals surface area (Å²) >= 11 is 5.92. The molecule has 0 bridgehead atoms. The van der Waals surface area contributed by atoms with E-state index in [1.165, 1.54) is 11.3 Å². The van der Waals surface area contributed by atoms with Crippen LogP contribution < -0.4 is 0 Å². The van der Waals surface area contributed by atoms with E-state index in [0.29, 0.717) is 12.4 Å². The molecule has 0 saturated heterocycles. The molecule has 3 aromatic rings. The minimum atomic E-state index is 0.396. The van der Waals surface area contributed by atoms with Crippen molar-refractivity contribution in [2.45, 2.75) is 11.5 Å². The first-order chi connectivity index (χ1) is 8.79. The molecule has 0 amide bonds. The summed E-state index contributed by atoms with van der Waals surface area (Å²) in [6, 6.07) is 7.84. The summed E-state index contributed by atoms with van der Waals surface area (Å²) in [5.41, 5.74) is 1.000. The molecule has 0 unspecified atom stereocenters. The van der Waals surface area contributed by atoms with Crippen LogP contribution in [0.1, 0.15) is 5.82 Å². The van der Waals surface area contributed by atoms with Gasteiger partial charge in [-0.15, -0.1) is 22.8 Å². The van der Waals surface area contributed by atoms with Crippen LogP contribution in [0.4, 0.5) is 0 Å². The third-order valence-corrected chi connectivity index (χ3v) is 3.79. The molecule has 7 heteroatoms. The second kappa shape index (κ2) is 4.68. The van der Waals surface area contributed by atoms with Crippen molar-refractivity contribution in [1.29, 1.82) is 0 Å². The highest BCUT2D eigenvalue weighted by molar-refractivity contribution is 7.80. The van der Waals surface area contributed by atoms with E-state index in [1.54, 1.807) is 11.6 Å². The molecule has 1 aromatic carbocycles. The molecule has 0 fully saturated rings. The van der Waals surface area contributed by atoms with Gasteiger partial charge in [0.05, 0.1) is 0 Å². The Morgan fingerprint density at radius 3 is 2.94 bits per heavy atom. The summed E-state index contributed by atoms with van der Waals surface area (Å²) in [7, 11) is 1.62. The summed E-state index contributed by atoms with van der Waals surface area (Å²) < 4.78 is 6.77. The zero-order chi connectivity index (χ0) is 12.5. The monoisotopic (exact) mass is 278 g/mol. The van der Waals surface area contributed by atoms with Crippen LogP contribution >= 0.6 is 24.0 Å². The first kappa shape index (κ1) is 11.6. The lowest BCUT2D eigenvalue weighted by atomic mass is 10.2. The van der Waals surface area contributed by atoms with Gasteiger partial charge >= 0.3 is 0 Å². The Hall–Kier alpha value is -1.44. The predicted octanol–water partition coefficient (Wildman–Crippen LogP) is 2.29. The fraction of sp³-hybridized carbons (Fsp3) is 0.182. The number of aromatic nitrogens is 4. The zero-order valence-corrected chi connectivity index (χ0v) is 11.3. The Balaban J connectivity index is 2.11. The fourth-order valence-electron chi connectivity index (χ4n) is 1.64. The van der Waals surface area contributed by atoms with Crippen molar-refractivity contribution < 1.29 is 4.74 Å². The van der Waals surface area contributed by atoms with Crippen LogP contribution in [-0.4, -0.2) is 26.9 Å². The molecule has 0 aliphatic rings. The van der Waals surface area contributed by atoms with Crippen LogP contribution in [-0.2, 0) is 11.3 Å². The average molecular weight is 278 g/mol. The van der Waals surface area contributed by atoms with Crippen LogP contribution in [0.3, 0.4) is 0 Å². The van der Waals surface area contributed by atoms with Crippen molar-refractivity contribution in [3.05, 3.63) is 30.1 Å². The molecule has 0 atom stereocenters. The molecule has 2 heterocycles. The van der Waals surface area contributed by atoms with E-state index in [0.717, 1.165) is 20.4 Å². The average Bonchev–Trinajstić information content (AvgIpc) is 2.92. The molecule has 0 aliphatic carbocycles. The lowest BCUT2D eigenvalue weighted by molar-refractivity contribution is 0.176. The third kappa shape index (κ3) is 1.90. The van der Waals surface area contributed by atoms with Gasteiger partial charge in [-0.05, 0) is 6.07 Å². The molecule has 0 N–H and O–H groups in total. The van der Waals surface area contributed by atoms with Gasteiger partial charge in [-0.3, -0.25) is 0 Å². The van der Waals surface area contributed by atoms with E-state index < -0.39 is 0 Å². The van der Waals surface area contributed by atoms with Gasteiger partial charge in [-0.2, -0.15) is 9.61 Å².